The molecule has 3 rings (SSSR count). The van der Waals surface area contributed by atoms with E-state index in [9.17, 15) is 18.0 Å². The summed E-state index contributed by atoms with van der Waals surface area (Å²) in [4.78, 5) is 18.7. The van der Waals surface area contributed by atoms with E-state index in [1.807, 2.05) is 17.0 Å². The molecule has 6 nitrogen and oxygen atoms in total. The van der Waals surface area contributed by atoms with Gasteiger partial charge in [0.1, 0.15) is 0 Å². The number of para-hydroxylation sites is 1. The molecule has 35 heavy (non-hydrogen) atoms. The molecular formula is C25H32F3N5OS. The molecule has 1 heterocycles. The molecule has 1 saturated heterocycles. The second-order valence-corrected chi connectivity index (χ2v) is 8.74. The van der Waals surface area contributed by atoms with Gasteiger partial charge in [0.15, 0.2) is 5.11 Å². The molecule has 0 unspecified atom stereocenters. The van der Waals surface area contributed by atoms with E-state index in [0.717, 1.165) is 43.5 Å². The first-order chi connectivity index (χ1) is 16.7. The van der Waals surface area contributed by atoms with Crippen LogP contribution in [0.3, 0.4) is 0 Å². The van der Waals surface area contributed by atoms with E-state index < -0.39 is 17.6 Å². The van der Waals surface area contributed by atoms with Crippen LogP contribution in [0.15, 0.2) is 48.5 Å². The fourth-order valence-electron chi connectivity index (χ4n) is 4.11. The van der Waals surface area contributed by atoms with E-state index in [2.05, 4.69) is 46.4 Å². The second-order valence-electron chi connectivity index (χ2n) is 8.36. The smallest absolute Gasteiger partial charge is 0.372 e. The monoisotopic (exact) mass is 507 g/mol. The Kier molecular flexibility index (Phi) is 9.33. The van der Waals surface area contributed by atoms with Gasteiger partial charge in [0.05, 0.1) is 17.8 Å². The van der Waals surface area contributed by atoms with Gasteiger partial charge in [-0.05, 0) is 68.9 Å². The highest BCUT2D eigenvalue weighted by atomic mass is 32.1. The average Bonchev–Trinajstić information content (AvgIpc) is 3.06. The van der Waals surface area contributed by atoms with Crippen LogP contribution >= 0.6 is 12.2 Å². The highest BCUT2D eigenvalue weighted by molar-refractivity contribution is 7.80. The van der Waals surface area contributed by atoms with Crippen molar-refractivity contribution < 1.29 is 18.0 Å². The van der Waals surface area contributed by atoms with Crippen LogP contribution in [-0.2, 0) is 11.0 Å². The van der Waals surface area contributed by atoms with E-state index in [0.29, 0.717) is 24.7 Å². The van der Waals surface area contributed by atoms with Crippen molar-refractivity contribution in [2.24, 2.45) is 0 Å². The minimum Gasteiger partial charge on any atom is -0.372 e. The maximum atomic E-state index is 13.2. The number of rotatable bonds is 7. The molecule has 1 fully saturated rings. The molecular weight excluding hydrogens is 475 g/mol. The van der Waals surface area contributed by atoms with E-state index in [4.69, 9.17) is 12.2 Å². The Balaban J connectivity index is 1.51. The lowest BCUT2D eigenvalue weighted by molar-refractivity contribution is -0.137. The van der Waals surface area contributed by atoms with Crippen LogP contribution in [-0.4, -0.2) is 66.6 Å². The fourth-order valence-corrected chi connectivity index (χ4v) is 4.41. The Labute approximate surface area is 210 Å². The summed E-state index contributed by atoms with van der Waals surface area (Å²) in [5.74, 6) is -0.468. The number of anilines is 3. The van der Waals surface area contributed by atoms with E-state index in [1.165, 1.54) is 18.2 Å². The number of alkyl halides is 3. The summed E-state index contributed by atoms with van der Waals surface area (Å²) >= 11 is 5.61. The molecule has 2 N–H and O–H groups in total. The van der Waals surface area contributed by atoms with Crippen molar-refractivity contribution in [3.63, 3.8) is 0 Å². The van der Waals surface area contributed by atoms with Gasteiger partial charge in [0.25, 0.3) is 0 Å². The number of carbonyl (C=O) groups excluding carboxylic acids is 1. The van der Waals surface area contributed by atoms with Gasteiger partial charge in [-0.2, -0.15) is 13.2 Å². The Morgan fingerprint density at radius 1 is 0.971 bits per heavy atom. The quantitative estimate of drug-likeness (QED) is 0.521. The average molecular weight is 508 g/mol. The summed E-state index contributed by atoms with van der Waals surface area (Å²) in [6.45, 7) is 8.75. The lowest BCUT2D eigenvalue weighted by atomic mass is 10.1. The fraction of sp³-hybridized carbons (Fsp3) is 0.440. The number of thiocarbonyl (C=S) groups is 1. The largest absolute Gasteiger partial charge is 0.418 e. The number of nitrogens with one attached hydrogen (secondary N) is 2. The van der Waals surface area contributed by atoms with Crippen molar-refractivity contribution in [3.05, 3.63) is 54.1 Å². The van der Waals surface area contributed by atoms with Crippen molar-refractivity contribution in [2.45, 2.75) is 26.4 Å². The summed E-state index contributed by atoms with van der Waals surface area (Å²) in [6, 6.07) is 13.2. The number of amides is 1. The highest BCUT2D eigenvalue weighted by Gasteiger charge is 2.33. The molecule has 1 amide bonds. The predicted octanol–water partition coefficient (Wildman–Crippen LogP) is 4.89. The molecule has 0 saturated carbocycles. The number of hydrogen-bond donors (Lipinski definition) is 2. The van der Waals surface area contributed by atoms with Crippen LogP contribution in [0.5, 0.6) is 0 Å². The van der Waals surface area contributed by atoms with Gasteiger partial charge in [-0.15, -0.1) is 0 Å². The first-order valence-corrected chi connectivity index (χ1v) is 12.2. The van der Waals surface area contributed by atoms with Crippen LogP contribution in [0, 0.1) is 0 Å². The number of nitrogens with zero attached hydrogens (tertiary/aromatic N) is 3. The molecule has 0 aliphatic carbocycles. The molecule has 0 atom stereocenters. The molecule has 2 aromatic rings. The van der Waals surface area contributed by atoms with E-state index >= 15 is 0 Å². The Bertz CT molecular complexity index is 995. The maximum Gasteiger partial charge on any atom is 0.418 e. The summed E-state index contributed by atoms with van der Waals surface area (Å²) < 4.78 is 39.6. The van der Waals surface area contributed by atoms with Gasteiger partial charge in [-0.1, -0.05) is 12.1 Å². The molecule has 1 aliphatic heterocycles. The zero-order valence-electron chi connectivity index (χ0n) is 20.1. The second kappa shape index (κ2) is 12.2. The first-order valence-electron chi connectivity index (χ1n) is 11.8. The third kappa shape index (κ3) is 7.57. The number of carbonyl (C=O) groups is 1. The molecule has 190 valence electrons. The van der Waals surface area contributed by atoms with Gasteiger partial charge in [0, 0.05) is 50.6 Å². The predicted molar refractivity (Wildman–Crippen MR) is 139 cm³/mol. The lowest BCUT2D eigenvalue weighted by Crippen LogP contribution is -2.39. The van der Waals surface area contributed by atoms with E-state index in [1.54, 1.807) is 0 Å². The van der Waals surface area contributed by atoms with Crippen molar-refractivity contribution >= 4 is 40.3 Å². The van der Waals surface area contributed by atoms with Gasteiger partial charge in [-0.25, -0.2) is 0 Å². The summed E-state index contributed by atoms with van der Waals surface area (Å²) in [5, 5.41) is 6.32. The number of hydrogen-bond acceptors (Lipinski definition) is 4. The molecule has 2 aromatic carbocycles. The number of benzene rings is 2. The highest BCUT2D eigenvalue weighted by Crippen LogP contribution is 2.34. The zero-order chi connectivity index (χ0) is 25.4. The van der Waals surface area contributed by atoms with Crippen LogP contribution < -0.4 is 15.5 Å². The summed E-state index contributed by atoms with van der Waals surface area (Å²) in [7, 11) is 0. The Morgan fingerprint density at radius 2 is 1.66 bits per heavy atom. The summed E-state index contributed by atoms with van der Waals surface area (Å²) in [6.07, 6.45) is -3.74. The maximum absolute atomic E-state index is 13.2. The molecule has 0 aromatic heterocycles. The van der Waals surface area contributed by atoms with Gasteiger partial charge >= 0.3 is 6.18 Å². The molecule has 0 radical (unpaired) electrons. The molecule has 1 aliphatic rings. The molecule has 0 bridgehead atoms. The minimum absolute atomic E-state index is 0.0209. The normalized spacial score (nSPS) is 14.8. The van der Waals surface area contributed by atoms with Crippen molar-refractivity contribution in [1.29, 1.82) is 0 Å². The minimum atomic E-state index is -4.53. The number of halogens is 3. The Morgan fingerprint density at radius 3 is 2.31 bits per heavy atom. The molecule has 0 spiro atoms. The Hall–Kier alpha value is -2.85. The van der Waals surface area contributed by atoms with Crippen LogP contribution in [0.2, 0.25) is 0 Å². The lowest BCUT2D eigenvalue weighted by Gasteiger charge is -2.25. The van der Waals surface area contributed by atoms with Gasteiger partial charge < -0.3 is 20.4 Å². The van der Waals surface area contributed by atoms with Crippen molar-refractivity contribution in [3.8, 4) is 0 Å². The van der Waals surface area contributed by atoms with Crippen LogP contribution in [0.1, 0.15) is 25.8 Å². The van der Waals surface area contributed by atoms with Crippen molar-refractivity contribution in [1.82, 2.24) is 9.80 Å². The van der Waals surface area contributed by atoms with Crippen molar-refractivity contribution in [2.75, 3.05) is 61.3 Å². The molecule has 10 heteroatoms. The SMILES string of the molecule is CCN(CC)c1ccc(NC(=S)N2CCCN(CC(=O)Nc3ccccc3C(F)(F)F)CC2)cc1. The third-order valence-electron chi connectivity index (χ3n) is 6.00. The van der Waals surface area contributed by atoms with Gasteiger partial charge in [0.2, 0.25) is 5.91 Å². The third-order valence-corrected chi connectivity index (χ3v) is 6.36. The van der Waals surface area contributed by atoms with Gasteiger partial charge in [-0.3, -0.25) is 9.69 Å². The first kappa shape index (κ1) is 26.7. The zero-order valence-corrected chi connectivity index (χ0v) is 20.9. The summed E-state index contributed by atoms with van der Waals surface area (Å²) in [5.41, 5.74) is 0.999. The van der Waals surface area contributed by atoms with Crippen LogP contribution in [0.25, 0.3) is 0 Å². The topological polar surface area (TPSA) is 50.9 Å². The van der Waals surface area contributed by atoms with E-state index in [-0.39, 0.29) is 12.2 Å². The standard InChI is InChI=1S/C25H32F3N5OS/c1-3-32(4-2)20-12-10-19(11-13-20)29-24(35)33-15-7-14-31(16-17-33)18-23(34)30-22-9-6-5-8-21(22)25(26,27)28/h5-6,8-13H,3-4,7,14-18H2,1-2H3,(H,29,35)(H,30,34). The van der Waals surface area contributed by atoms with Crippen LogP contribution in [0.4, 0.5) is 30.2 Å².